The van der Waals surface area contributed by atoms with Crippen LogP contribution in [0, 0.1) is 16.7 Å². The van der Waals surface area contributed by atoms with E-state index in [-0.39, 0.29) is 0 Å². The van der Waals surface area contributed by atoms with Crippen molar-refractivity contribution < 1.29 is 13.2 Å². The monoisotopic (exact) mass is 194 g/mol. The standard InChI is InChI=1S/C8H13F3N2/c1-7(2,3)6(4-12)13-5-8(9,10)11/h6,13H,5H2,1-3H3. The van der Waals surface area contributed by atoms with Crippen LogP contribution < -0.4 is 5.32 Å². The van der Waals surface area contributed by atoms with Gasteiger partial charge in [0, 0.05) is 0 Å². The highest BCUT2D eigenvalue weighted by atomic mass is 19.4. The van der Waals surface area contributed by atoms with Gasteiger partial charge in [0.25, 0.3) is 0 Å². The van der Waals surface area contributed by atoms with Gasteiger partial charge in [0.2, 0.25) is 0 Å². The maximum Gasteiger partial charge on any atom is 0.401 e. The SMILES string of the molecule is CC(C)(C)C(C#N)NCC(F)(F)F. The molecule has 0 aliphatic rings. The predicted molar refractivity (Wildman–Crippen MR) is 42.9 cm³/mol. The van der Waals surface area contributed by atoms with Crippen molar-refractivity contribution in [1.82, 2.24) is 5.32 Å². The molecule has 13 heavy (non-hydrogen) atoms. The first-order chi connectivity index (χ1) is 5.67. The molecule has 0 aromatic rings. The second-order valence-electron chi connectivity index (χ2n) is 3.92. The number of rotatable bonds is 2. The summed E-state index contributed by atoms with van der Waals surface area (Å²) < 4.78 is 35.3. The van der Waals surface area contributed by atoms with Gasteiger partial charge in [0.1, 0.15) is 6.04 Å². The number of hydrogen-bond donors (Lipinski definition) is 1. The molecule has 1 atom stereocenters. The third-order valence-corrected chi connectivity index (χ3v) is 1.50. The Morgan fingerprint density at radius 1 is 1.31 bits per heavy atom. The Bertz CT molecular complexity index is 197. The van der Waals surface area contributed by atoms with E-state index in [1.54, 1.807) is 26.8 Å². The van der Waals surface area contributed by atoms with Gasteiger partial charge >= 0.3 is 6.18 Å². The van der Waals surface area contributed by atoms with Gasteiger partial charge < -0.3 is 0 Å². The molecule has 0 fully saturated rings. The van der Waals surface area contributed by atoms with Crippen LogP contribution in [0.3, 0.4) is 0 Å². The zero-order chi connectivity index (χ0) is 10.7. The van der Waals surface area contributed by atoms with E-state index < -0.39 is 24.2 Å². The zero-order valence-corrected chi connectivity index (χ0v) is 7.87. The number of nitrogens with one attached hydrogen (secondary N) is 1. The first kappa shape index (κ1) is 12.2. The number of halogens is 3. The fraction of sp³-hybridized carbons (Fsp3) is 0.875. The second-order valence-corrected chi connectivity index (χ2v) is 3.92. The molecule has 0 aromatic heterocycles. The van der Waals surface area contributed by atoms with E-state index in [0.29, 0.717) is 0 Å². The minimum atomic E-state index is -4.26. The Labute approximate surface area is 75.7 Å². The van der Waals surface area contributed by atoms with Crippen LogP contribution in [0.5, 0.6) is 0 Å². The number of hydrogen-bond acceptors (Lipinski definition) is 2. The number of alkyl halides is 3. The van der Waals surface area contributed by atoms with Crippen molar-refractivity contribution in [3.63, 3.8) is 0 Å². The average Bonchev–Trinajstić information content (AvgIpc) is 1.82. The van der Waals surface area contributed by atoms with E-state index in [9.17, 15) is 13.2 Å². The van der Waals surface area contributed by atoms with Gasteiger partial charge in [0.15, 0.2) is 0 Å². The van der Waals surface area contributed by atoms with Gasteiger partial charge in [-0.1, -0.05) is 20.8 Å². The predicted octanol–water partition coefficient (Wildman–Crippen LogP) is 2.08. The molecule has 0 saturated heterocycles. The minimum Gasteiger partial charge on any atom is -0.293 e. The summed E-state index contributed by atoms with van der Waals surface area (Å²) in [5.74, 6) is 0. The fourth-order valence-corrected chi connectivity index (χ4v) is 0.763. The number of nitrogens with zero attached hydrogens (tertiary/aromatic N) is 1. The van der Waals surface area contributed by atoms with Crippen molar-refractivity contribution in [2.24, 2.45) is 5.41 Å². The van der Waals surface area contributed by atoms with Crippen LogP contribution in [0.15, 0.2) is 0 Å². The van der Waals surface area contributed by atoms with Gasteiger partial charge in [0.05, 0.1) is 12.6 Å². The van der Waals surface area contributed by atoms with Gasteiger partial charge in [-0.3, -0.25) is 5.32 Å². The summed E-state index contributed by atoms with van der Waals surface area (Å²) in [5, 5.41) is 10.7. The van der Waals surface area contributed by atoms with E-state index >= 15 is 0 Å². The van der Waals surface area contributed by atoms with Crippen molar-refractivity contribution >= 4 is 0 Å². The molecule has 2 nitrogen and oxygen atoms in total. The van der Waals surface area contributed by atoms with E-state index in [4.69, 9.17) is 5.26 Å². The van der Waals surface area contributed by atoms with Crippen molar-refractivity contribution in [3.05, 3.63) is 0 Å². The summed E-state index contributed by atoms with van der Waals surface area (Å²) in [4.78, 5) is 0. The highest BCUT2D eigenvalue weighted by Crippen LogP contribution is 2.20. The summed E-state index contributed by atoms with van der Waals surface area (Å²) in [6.07, 6.45) is -4.26. The molecule has 5 heteroatoms. The van der Waals surface area contributed by atoms with Gasteiger partial charge in [-0.2, -0.15) is 18.4 Å². The Morgan fingerprint density at radius 3 is 2.00 bits per heavy atom. The van der Waals surface area contributed by atoms with E-state index in [2.05, 4.69) is 5.32 Å². The summed E-state index contributed by atoms with van der Waals surface area (Å²) >= 11 is 0. The summed E-state index contributed by atoms with van der Waals surface area (Å²) in [5.41, 5.74) is -0.486. The van der Waals surface area contributed by atoms with Gasteiger partial charge in [-0.05, 0) is 5.41 Å². The smallest absolute Gasteiger partial charge is 0.293 e. The lowest BCUT2D eigenvalue weighted by Gasteiger charge is -2.25. The third-order valence-electron chi connectivity index (χ3n) is 1.50. The molecule has 0 aliphatic heterocycles. The molecule has 0 amide bonds. The van der Waals surface area contributed by atoms with E-state index in [1.165, 1.54) is 0 Å². The lowest BCUT2D eigenvalue weighted by atomic mass is 9.88. The molecule has 1 unspecified atom stereocenters. The highest BCUT2D eigenvalue weighted by Gasteiger charge is 2.31. The van der Waals surface area contributed by atoms with Gasteiger partial charge in [-0.15, -0.1) is 0 Å². The summed E-state index contributed by atoms with van der Waals surface area (Å²) in [7, 11) is 0. The van der Waals surface area contributed by atoms with Crippen molar-refractivity contribution in [2.75, 3.05) is 6.54 Å². The molecule has 76 valence electrons. The molecule has 0 aliphatic carbocycles. The first-order valence-corrected chi connectivity index (χ1v) is 3.86. The van der Waals surface area contributed by atoms with Crippen LogP contribution in [0.4, 0.5) is 13.2 Å². The third kappa shape index (κ3) is 5.47. The first-order valence-electron chi connectivity index (χ1n) is 3.86. The molecule has 0 radical (unpaired) electrons. The molecule has 0 heterocycles. The highest BCUT2D eigenvalue weighted by molar-refractivity contribution is 4.98. The maximum absolute atomic E-state index is 11.8. The lowest BCUT2D eigenvalue weighted by Crippen LogP contribution is -2.43. The second kappa shape index (κ2) is 3.97. The normalized spacial score (nSPS) is 15.2. The van der Waals surface area contributed by atoms with Crippen molar-refractivity contribution in [2.45, 2.75) is 33.0 Å². The largest absolute Gasteiger partial charge is 0.401 e. The molecule has 0 bridgehead atoms. The summed E-state index contributed by atoms with van der Waals surface area (Å²) in [6.45, 7) is 4.02. The average molecular weight is 194 g/mol. The molecule has 0 spiro atoms. The van der Waals surface area contributed by atoms with E-state index in [1.807, 2.05) is 0 Å². The van der Waals surface area contributed by atoms with E-state index in [0.717, 1.165) is 0 Å². The molecule has 0 rings (SSSR count). The quantitative estimate of drug-likeness (QED) is 0.730. The molecule has 0 saturated carbocycles. The van der Waals surface area contributed by atoms with Crippen LogP contribution in [0.25, 0.3) is 0 Å². The number of nitriles is 1. The Morgan fingerprint density at radius 2 is 1.77 bits per heavy atom. The molecular formula is C8H13F3N2. The van der Waals surface area contributed by atoms with Crippen LogP contribution in [0.2, 0.25) is 0 Å². The van der Waals surface area contributed by atoms with Gasteiger partial charge in [-0.25, -0.2) is 0 Å². The Hall–Kier alpha value is -0.760. The topological polar surface area (TPSA) is 35.8 Å². The lowest BCUT2D eigenvalue weighted by molar-refractivity contribution is -0.126. The van der Waals surface area contributed by atoms with Crippen molar-refractivity contribution in [3.8, 4) is 6.07 Å². The Balaban J connectivity index is 4.12. The summed E-state index contributed by atoms with van der Waals surface area (Å²) in [6, 6.07) is 1.02. The van der Waals surface area contributed by atoms with Crippen molar-refractivity contribution in [1.29, 1.82) is 5.26 Å². The molecule has 1 N–H and O–H groups in total. The maximum atomic E-state index is 11.8. The van der Waals surface area contributed by atoms with Crippen LogP contribution >= 0.6 is 0 Å². The van der Waals surface area contributed by atoms with Crippen LogP contribution in [0.1, 0.15) is 20.8 Å². The Kier molecular flexibility index (Phi) is 3.73. The molecule has 0 aromatic carbocycles. The minimum absolute atomic E-state index is 0.486. The molecular weight excluding hydrogens is 181 g/mol. The zero-order valence-electron chi connectivity index (χ0n) is 7.87. The fourth-order valence-electron chi connectivity index (χ4n) is 0.763. The van der Waals surface area contributed by atoms with Crippen LogP contribution in [-0.2, 0) is 0 Å². The van der Waals surface area contributed by atoms with Crippen LogP contribution in [-0.4, -0.2) is 18.8 Å².